The molecule has 1 fully saturated rings. The Morgan fingerprint density at radius 1 is 1.35 bits per heavy atom. The van der Waals surface area contributed by atoms with Crippen LogP contribution in [0.2, 0.25) is 0 Å². The second kappa shape index (κ2) is 5.63. The molecule has 138 valence electrons. The zero-order valence-corrected chi connectivity index (χ0v) is 15.3. The number of carbonyl (C=O) groups excluding carboxylic acids is 1. The Bertz CT molecular complexity index is 957. The van der Waals surface area contributed by atoms with Gasteiger partial charge in [0, 0.05) is 17.7 Å². The molecule has 1 amide bonds. The van der Waals surface area contributed by atoms with Gasteiger partial charge in [-0.25, -0.2) is 9.78 Å². The number of hydrogen-bond acceptors (Lipinski definition) is 6. The van der Waals surface area contributed by atoms with Crippen molar-refractivity contribution >= 4 is 33.6 Å². The number of aliphatic carboxylic acids is 1. The third kappa shape index (κ3) is 2.11. The number of thiazole rings is 1. The molecule has 0 aromatic carbocycles. The van der Waals surface area contributed by atoms with Gasteiger partial charge in [0.1, 0.15) is 22.5 Å². The van der Waals surface area contributed by atoms with Crippen molar-refractivity contribution in [2.24, 2.45) is 11.8 Å². The number of aliphatic hydroxyl groups excluding tert-OH is 2. The third-order valence-corrected chi connectivity index (χ3v) is 6.43. The molecule has 4 heterocycles. The van der Waals surface area contributed by atoms with Crippen molar-refractivity contribution < 1.29 is 24.9 Å². The van der Waals surface area contributed by atoms with Crippen LogP contribution in [0, 0.1) is 11.8 Å². The molecule has 0 aliphatic carbocycles. The largest absolute Gasteiger partial charge is 0.477 e. The second-order valence-electron chi connectivity index (χ2n) is 6.93. The summed E-state index contributed by atoms with van der Waals surface area (Å²) in [6.07, 6.45) is 1.80. The summed E-state index contributed by atoms with van der Waals surface area (Å²) < 4.78 is 1.75. The fourth-order valence-electron chi connectivity index (χ4n) is 4.12. The van der Waals surface area contributed by atoms with Gasteiger partial charge in [-0.2, -0.15) is 0 Å². The number of imidazole rings is 1. The third-order valence-electron chi connectivity index (χ3n) is 5.27. The fraction of sp³-hybridized carbons (Fsp3) is 0.471. The minimum absolute atomic E-state index is 0.0135. The van der Waals surface area contributed by atoms with Gasteiger partial charge >= 0.3 is 5.97 Å². The topological polar surface area (TPSA) is 115 Å². The highest BCUT2D eigenvalue weighted by molar-refractivity contribution is 7.18. The molecule has 5 atom stereocenters. The number of carboxylic acids is 1. The van der Waals surface area contributed by atoms with Crippen LogP contribution in [0.25, 0.3) is 10.4 Å². The smallest absolute Gasteiger partial charge is 0.352 e. The molecule has 0 bridgehead atoms. The molecule has 2 aliphatic heterocycles. The van der Waals surface area contributed by atoms with Crippen LogP contribution in [-0.2, 0) is 9.59 Å². The van der Waals surface area contributed by atoms with Crippen LogP contribution < -0.4 is 0 Å². The Kier molecular flexibility index (Phi) is 3.73. The predicted molar refractivity (Wildman–Crippen MR) is 93.2 cm³/mol. The van der Waals surface area contributed by atoms with Gasteiger partial charge in [-0.1, -0.05) is 6.92 Å². The van der Waals surface area contributed by atoms with Gasteiger partial charge in [0.25, 0.3) is 0 Å². The molecule has 0 radical (unpaired) electrons. The van der Waals surface area contributed by atoms with E-state index in [1.54, 1.807) is 30.8 Å². The van der Waals surface area contributed by atoms with E-state index in [1.165, 1.54) is 16.2 Å². The quantitative estimate of drug-likeness (QED) is 0.688. The highest BCUT2D eigenvalue weighted by atomic mass is 32.1. The summed E-state index contributed by atoms with van der Waals surface area (Å²) in [7, 11) is 0. The number of fused-ring (bicyclic) bond motifs is 2. The Morgan fingerprint density at radius 2 is 2.04 bits per heavy atom. The van der Waals surface area contributed by atoms with Gasteiger partial charge in [0.05, 0.1) is 29.0 Å². The molecule has 26 heavy (non-hydrogen) atoms. The number of β-lactam (4-membered cyclic amide) rings is 1. The summed E-state index contributed by atoms with van der Waals surface area (Å²) in [6, 6.07) is -0.348. The first-order valence-corrected chi connectivity index (χ1v) is 9.19. The maximum Gasteiger partial charge on any atom is 0.352 e. The van der Waals surface area contributed by atoms with E-state index in [4.69, 9.17) is 0 Å². The molecule has 8 nitrogen and oxygen atoms in total. The van der Waals surface area contributed by atoms with Crippen molar-refractivity contribution in [2.45, 2.75) is 39.0 Å². The maximum absolute atomic E-state index is 12.4. The van der Waals surface area contributed by atoms with Crippen molar-refractivity contribution in [3.05, 3.63) is 28.8 Å². The summed E-state index contributed by atoms with van der Waals surface area (Å²) in [5, 5.41) is 29.5. The predicted octanol–water partition coefficient (Wildman–Crippen LogP) is 1.10. The fourth-order valence-corrected chi connectivity index (χ4v) is 5.42. The molecule has 2 aromatic rings. The first kappa shape index (κ1) is 17.2. The van der Waals surface area contributed by atoms with Crippen molar-refractivity contribution in [3.8, 4) is 0 Å². The number of aromatic nitrogens is 2. The number of nitrogens with zero attached hydrogens (tertiary/aromatic N) is 3. The zero-order valence-electron chi connectivity index (χ0n) is 14.4. The SMILES string of the molecule is CC(O)c1ncn2cc(C3=C(C(=O)O)N4C(=O)[C@H]([C@@H](C)O)[C@H]4[C@H]3C)sc12. The zero-order chi connectivity index (χ0) is 18.9. The van der Waals surface area contributed by atoms with Crippen LogP contribution in [0.3, 0.4) is 0 Å². The summed E-state index contributed by atoms with van der Waals surface area (Å²) in [5.74, 6) is -2.31. The number of carbonyl (C=O) groups is 2. The van der Waals surface area contributed by atoms with Crippen molar-refractivity contribution in [1.29, 1.82) is 0 Å². The lowest BCUT2D eigenvalue weighted by Gasteiger charge is -2.46. The molecule has 4 rings (SSSR count). The normalized spacial score (nSPS) is 27.7. The molecule has 3 N–H and O–H groups in total. The first-order chi connectivity index (χ1) is 12.2. The van der Waals surface area contributed by atoms with Gasteiger partial charge in [0.15, 0.2) is 0 Å². The second-order valence-corrected chi connectivity index (χ2v) is 7.97. The van der Waals surface area contributed by atoms with Crippen LogP contribution in [0.1, 0.15) is 37.4 Å². The van der Waals surface area contributed by atoms with Gasteiger partial charge in [0.2, 0.25) is 5.91 Å². The summed E-state index contributed by atoms with van der Waals surface area (Å²) in [4.78, 5) is 31.3. The van der Waals surface area contributed by atoms with E-state index in [0.29, 0.717) is 11.3 Å². The van der Waals surface area contributed by atoms with Crippen LogP contribution in [0.4, 0.5) is 0 Å². The van der Waals surface area contributed by atoms with E-state index in [-0.39, 0.29) is 23.6 Å². The molecule has 1 unspecified atom stereocenters. The van der Waals surface area contributed by atoms with Crippen LogP contribution in [0.5, 0.6) is 0 Å². The lowest BCUT2D eigenvalue weighted by Crippen LogP contribution is -2.63. The monoisotopic (exact) mass is 377 g/mol. The highest BCUT2D eigenvalue weighted by Gasteiger charge is 2.60. The number of hydrogen-bond donors (Lipinski definition) is 3. The Morgan fingerprint density at radius 3 is 2.62 bits per heavy atom. The van der Waals surface area contributed by atoms with E-state index in [2.05, 4.69) is 4.98 Å². The molecule has 0 spiro atoms. The molecule has 2 aliphatic rings. The van der Waals surface area contributed by atoms with Gasteiger partial charge in [-0.15, -0.1) is 11.3 Å². The van der Waals surface area contributed by atoms with Crippen molar-refractivity contribution in [3.63, 3.8) is 0 Å². The average molecular weight is 377 g/mol. The summed E-state index contributed by atoms with van der Waals surface area (Å²) >= 11 is 1.34. The van der Waals surface area contributed by atoms with E-state index in [1.807, 2.05) is 6.92 Å². The number of aliphatic hydroxyl groups is 2. The molecule has 1 saturated heterocycles. The van der Waals surface area contributed by atoms with Gasteiger partial charge in [-0.05, 0) is 13.8 Å². The lowest BCUT2D eigenvalue weighted by atomic mass is 9.77. The number of amides is 1. The Balaban J connectivity index is 1.85. The standard InChI is InChI=1S/C17H19N3O5S/c1-6-10(9-4-19-5-18-12(8(3)22)16(19)26-9)14(17(24)25)20-13(6)11(7(2)21)15(20)23/h4-8,11,13,21-22H,1-3H3,(H,24,25)/t6-,7+,8?,11+,13+/m0/s1. The van der Waals surface area contributed by atoms with Crippen LogP contribution in [-0.4, -0.2) is 53.6 Å². The van der Waals surface area contributed by atoms with Crippen LogP contribution in [0.15, 0.2) is 18.2 Å². The van der Waals surface area contributed by atoms with Gasteiger partial charge in [-0.3, -0.25) is 9.20 Å². The highest BCUT2D eigenvalue weighted by Crippen LogP contribution is 2.51. The van der Waals surface area contributed by atoms with Crippen molar-refractivity contribution in [2.75, 3.05) is 0 Å². The Hall–Kier alpha value is -2.23. The van der Waals surface area contributed by atoms with E-state index >= 15 is 0 Å². The van der Waals surface area contributed by atoms with E-state index < -0.39 is 24.1 Å². The van der Waals surface area contributed by atoms with Crippen molar-refractivity contribution in [1.82, 2.24) is 14.3 Å². The van der Waals surface area contributed by atoms with Crippen LogP contribution >= 0.6 is 11.3 Å². The summed E-state index contributed by atoms with van der Waals surface area (Å²) in [6.45, 7) is 5.06. The molecule has 0 saturated carbocycles. The number of carboxylic acid groups (broad SMARTS) is 1. The average Bonchev–Trinajstić information content (AvgIpc) is 3.16. The maximum atomic E-state index is 12.4. The molecule has 9 heteroatoms. The molecular formula is C17H19N3O5S. The van der Waals surface area contributed by atoms with E-state index in [0.717, 1.165) is 9.71 Å². The first-order valence-electron chi connectivity index (χ1n) is 8.37. The van der Waals surface area contributed by atoms with E-state index in [9.17, 15) is 24.9 Å². The Labute approximate surface area is 153 Å². The minimum Gasteiger partial charge on any atom is -0.477 e. The van der Waals surface area contributed by atoms with Gasteiger partial charge < -0.3 is 20.2 Å². The molecular weight excluding hydrogens is 358 g/mol. The lowest BCUT2D eigenvalue weighted by molar-refractivity contribution is -0.163. The minimum atomic E-state index is -1.15. The number of rotatable bonds is 4. The summed E-state index contributed by atoms with van der Waals surface area (Å²) in [5.41, 5.74) is 1.11. The molecule has 2 aromatic heterocycles.